The zero-order chi connectivity index (χ0) is 17.3. The quantitative estimate of drug-likeness (QED) is 0.274. The van der Waals surface area contributed by atoms with Crippen molar-refractivity contribution in [3.8, 4) is 0 Å². The van der Waals surface area contributed by atoms with Gasteiger partial charge in [0.05, 0.1) is 0 Å². The second-order valence-electron chi connectivity index (χ2n) is 6.04. The summed E-state index contributed by atoms with van der Waals surface area (Å²) < 4.78 is 9.72. The summed E-state index contributed by atoms with van der Waals surface area (Å²) in [4.78, 5) is 24.7. The molecule has 0 spiro atoms. The Labute approximate surface area is 158 Å². The zero-order valence-electron chi connectivity index (χ0n) is 15.3. The summed E-state index contributed by atoms with van der Waals surface area (Å²) in [6.45, 7) is 3.43. The van der Waals surface area contributed by atoms with Gasteiger partial charge in [-0.25, -0.2) is 0 Å². The third-order valence-corrected chi connectivity index (χ3v) is 5.90. The zero-order valence-corrected chi connectivity index (χ0v) is 23.7. The Kier molecular flexibility index (Phi) is 16.8. The van der Waals surface area contributed by atoms with Gasteiger partial charge in [0.25, 0.3) is 0 Å². The van der Waals surface area contributed by atoms with E-state index in [9.17, 15) is 9.59 Å². The Morgan fingerprint density at radius 1 is 0.739 bits per heavy atom. The van der Waals surface area contributed by atoms with E-state index >= 15 is 0 Å². The van der Waals surface area contributed by atoms with E-state index in [4.69, 9.17) is 7.53 Å². The Balaban J connectivity index is 3.69. The molecule has 0 bridgehead atoms. The maximum atomic E-state index is 11.4. The SMILES string of the molecule is CCCCCCCCCCCCN(CC(=O)[O][GeH3])CC(=O)[O][GeH3]. The number of nitrogens with zero attached hydrogens (tertiary/aromatic N) is 1. The van der Waals surface area contributed by atoms with Crippen LogP contribution in [0.4, 0.5) is 0 Å². The third kappa shape index (κ3) is 15.3. The van der Waals surface area contributed by atoms with Crippen LogP contribution >= 0.6 is 0 Å². The van der Waals surface area contributed by atoms with Crippen LogP contribution in [-0.2, 0) is 17.1 Å². The van der Waals surface area contributed by atoms with Crippen molar-refractivity contribution in [1.29, 1.82) is 0 Å². The van der Waals surface area contributed by atoms with E-state index in [1.54, 1.807) is 0 Å². The van der Waals surface area contributed by atoms with Crippen molar-refractivity contribution in [3.63, 3.8) is 0 Å². The van der Waals surface area contributed by atoms with Gasteiger partial charge in [-0.1, -0.05) is 26.2 Å². The van der Waals surface area contributed by atoms with Crippen molar-refractivity contribution in [2.24, 2.45) is 0 Å². The van der Waals surface area contributed by atoms with Crippen molar-refractivity contribution in [2.75, 3.05) is 19.6 Å². The van der Waals surface area contributed by atoms with E-state index in [-0.39, 0.29) is 58.7 Å². The van der Waals surface area contributed by atoms with Gasteiger partial charge in [-0.2, -0.15) is 0 Å². The number of unbranched alkanes of at least 4 members (excludes halogenated alkanes) is 9. The van der Waals surface area contributed by atoms with Crippen molar-refractivity contribution in [2.45, 2.75) is 71.1 Å². The topological polar surface area (TPSA) is 55.8 Å². The molecule has 0 unspecified atom stereocenters. The Bertz CT molecular complexity index is 298. The van der Waals surface area contributed by atoms with Gasteiger partial charge < -0.3 is 0 Å². The van der Waals surface area contributed by atoms with Crippen molar-refractivity contribution < 1.29 is 17.1 Å². The molecule has 0 saturated carbocycles. The van der Waals surface area contributed by atoms with E-state index in [1.165, 1.54) is 51.4 Å². The van der Waals surface area contributed by atoms with Gasteiger partial charge in [-0.05, 0) is 0 Å². The predicted octanol–water partition coefficient (Wildman–Crippen LogP) is 0.856. The van der Waals surface area contributed by atoms with Crippen LogP contribution in [0.3, 0.4) is 0 Å². The van der Waals surface area contributed by atoms with Gasteiger partial charge in [0.2, 0.25) is 0 Å². The first-order valence-corrected chi connectivity index (χ1v) is 12.4. The summed E-state index contributed by atoms with van der Waals surface area (Å²) in [6.07, 6.45) is 12.8. The van der Waals surface area contributed by atoms with Gasteiger partial charge in [0.15, 0.2) is 0 Å². The van der Waals surface area contributed by atoms with Crippen molar-refractivity contribution >= 4 is 45.6 Å². The summed E-state index contributed by atoms with van der Waals surface area (Å²) >= 11 is 0.126. The van der Waals surface area contributed by atoms with Gasteiger partial charge in [-0.3, -0.25) is 0 Å². The molecule has 0 aromatic heterocycles. The molecule has 0 atom stereocenters. The van der Waals surface area contributed by atoms with Crippen LogP contribution in [-0.4, -0.2) is 70.2 Å². The molecule has 7 heteroatoms. The molecular weight excluding hydrogens is 415 g/mol. The van der Waals surface area contributed by atoms with Crippen molar-refractivity contribution in [1.82, 2.24) is 4.90 Å². The van der Waals surface area contributed by atoms with Crippen LogP contribution in [0.15, 0.2) is 0 Å². The van der Waals surface area contributed by atoms with Crippen LogP contribution in [0.5, 0.6) is 0 Å². The molecule has 0 radical (unpaired) electrons. The van der Waals surface area contributed by atoms with Gasteiger partial charge in [-0.15, -0.1) is 0 Å². The fourth-order valence-electron chi connectivity index (χ4n) is 2.53. The number of hydrogen-bond donors (Lipinski definition) is 0. The van der Waals surface area contributed by atoms with Crippen molar-refractivity contribution in [3.05, 3.63) is 0 Å². The number of carbonyl (C=O) groups excluding carboxylic acids is 2. The van der Waals surface area contributed by atoms with Crippen LogP contribution in [0.25, 0.3) is 0 Å². The molecule has 0 amide bonds. The van der Waals surface area contributed by atoms with Crippen LogP contribution in [0, 0.1) is 0 Å². The third-order valence-electron chi connectivity index (χ3n) is 3.99. The summed E-state index contributed by atoms with van der Waals surface area (Å²) in [7, 11) is 0. The number of carbonyl (C=O) groups is 2. The molecule has 0 rings (SSSR count). The molecule has 0 aliphatic heterocycles. The molecule has 0 aromatic carbocycles. The molecule has 0 N–H and O–H groups in total. The fraction of sp³-hybridized carbons (Fsp3) is 0.875. The number of rotatable bonds is 15. The first-order valence-electron chi connectivity index (χ1n) is 9.00. The van der Waals surface area contributed by atoms with Crippen LogP contribution in [0.2, 0.25) is 0 Å². The molecule has 0 fully saturated rings. The maximum absolute atomic E-state index is 11.4. The number of hydrogen-bond acceptors (Lipinski definition) is 5. The van der Waals surface area contributed by atoms with Crippen LogP contribution in [0.1, 0.15) is 71.1 Å². The molecule has 136 valence electrons. The molecule has 5 nitrogen and oxygen atoms in total. The average Bonchev–Trinajstić information content (AvgIpc) is 2.55. The first kappa shape index (κ1) is 23.0. The average molecular weight is 451 g/mol. The molecule has 23 heavy (non-hydrogen) atoms. The molecule has 0 aromatic rings. The summed E-state index contributed by atoms with van der Waals surface area (Å²) in [5.41, 5.74) is 0. The molecular formula is C16H35Ge2NO4. The monoisotopic (exact) mass is 453 g/mol. The Morgan fingerprint density at radius 3 is 1.52 bits per heavy atom. The normalized spacial score (nSPS) is 11.0. The summed E-state index contributed by atoms with van der Waals surface area (Å²) in [6, 6.07) is 0. The van der Waals surface area contributed by atoms with E-state index < -0.39 is 0 Å². The second-order valence-corrected chi connectivity index (χ2v) is 7.76. The molecule has 0 aliphatic carbocycles. The van der Waals surface area contributed by atoms with Gasteiger partial charge in [0.1, 0.15) is 0 Å². The van der Waals surface area contributed by atoms with E-state index in [0.29, 0.717) is 0 Å². The second kappa shape index (κ2) is 16.8. The summed E-state index contributed by atoms with van der Waals surface area (Å²) in [5, 5.41) is 0. The standard InChI is InChI=1S/C16H35Ge2NO4/c1-2-3-4-5-6-7-8-9-10-11-12-19(13-15(20)22-17)14-16(21)23-18/h2-14H2,1,17-18H3. The fourth-order valence-corrected chi connectivity index (χ4v) is 3.07. The minimum absolute atomic E-state index is 0.0630. The molecule has 0 saturated heterocycles. The summed E-state index contributed by atoms with van der Waals surface area (Å²) in [5.74, 6) is -0.440. The Morgan fingerprint density at radius 2 is 1.13 bits per heavy atom. The molecule has 0 aliphatic rings. The van der Waals surface area contributed by atoms with Crippen LogP contribution < -0.4 is 0 Å². The van der Waals surface area contributed by atoms with E-state index in [2.05, 4.69) is 6.92 Å². The van der Waals surface area contributed by atoms with E-state index in [0.717, 1.165) is 19.4 Å². The van der Waals surface area contributed by atoms with Gasteiger partial charge >= 0.3 is 132 Å². The van der Waals surface area contributed by atoms with E-state index in [1.807, 2.05) is 4.90 Å². The molecule has 0 heterocycles. The predicted molar refractivity (Wildman–Crippen MR) is 100 cm³/mol. The first-order chi connectivity index (χ1) is 11.1. The minimum atomic E-state index is -0.220. The Hall–Kier alpha value is -0.0143. The van der Waals surface area contributed by atoms with Gasteiger partial charge in [0, 0.05) is 0 Å².